The summed E-state index contributed by atoms with van der Waals surface area (Å²) in [7, 11) is -1.64. The Hall–Kier alpha value is -1.19. The monoisotopic (exact) mass is 375 g/mol. The van der Waals surface area contributed by atoms with Gasteiger partial charge in [-0.3, -0.25) is 9.59 Å². The topological polar surface area (TPSA) is 87.2 Å². The van der Waals surface area contributed by atoms with Gasteiger partial charge in [-0.25, -0.2) is 8.42 Å². The van der Waals surface area contributed by atoms with Crippen LogP contribution in [0.25, 0.3) is 0 Å². The fraction of sp³-hybridized carbons (Fsp3) is 0.875. The second-order valence-corrected chi connectivity index (χ2v) is 8.72. The Labute approximate surface area is 150 Å². The van der Waals surface area contributed by atoms with Crippen LogP contribution in [0.15, 0.2) is 0 Å². The fourth-order valence-corrected chi connectivity index (χ4v) is 4.89. The first-order valence-corrected chi connectivity index (χ1v) is 10.5. The Morgan fingerprint density at radius 2 is 1.92 bits per heavy atom. The van der Waals surface area contributed by atoms with Crippen molar-refractivity contribution in [1.29, 1.82) is 0 Å². The van der Waals surface area contributed by atoms with Crippen LogP contribution < -0.4 is 0 Å². The minimum Gasteiger partial charge on any atom is -0.383 e. The molecule has 2 fully saturated rings. The van der Waals surface area contributed by atoms with Crippen molar-refractivity contribution in [2.45, 2.75) is 26.2 Å². The zero-order valence-corrected chi connectivity index (χ0v) is 16.0. The molecule has 8 nitrogen and oxygen atoms in total. The van der Waals surface area contributed by atoms with Crippen LogP contribution in [0, 0.1) is 5.92 Å². The third kappa shape index (κ3) is 5.15. The molecule has 0 radical (unpaired) electrons. The summed E-state index contributed by atoms with van der Waals surface area (Å²) >= 11 is 0. The molecule has 1 atom stereocenters. The number of unbranched alkanes of at least 4 members (excludes halogenated alkanes) is 1. The quantitative estimate of drug-likeness (QED) is 0.584. The summed E-state index contributed by atoms with van der Waals surface area (Å²) in [6.45, 7) is 4.82. The van der Waals surface area contributed by atoms with Gasteiger partial charge in [0.05, 0.1) is 18.3 Å². The Morgan fingerprint density at radius 1 is 1.24 bits per heavy atom. The van der Waals surface area contributed by atoms with Gasteiger partial charge in [-0.05, 0) is 6.42 Å². The highest BCUT2D eigenvalue weighted by Gasteiger charge is 2.38. The van der Waals surface area contributed by atoms with Crippen LogP contribution >= 0.6 is 0 Å². The number of hydrogen-bond donors (Lipinski definition) is 0. The first-order valence-electron chi connectivity index (χ1n) is 8.92. The zero-order valence-electron chi connectivity index (χ0n) is 15.1. The van der Waals surface area contributed by atoms with E-state index in [-0.39, 0.29) is 29.9 Å². The maximum atomic E-state index is 12.6. The van der Waals surface area contributed by atoms with Crippen LogP contribution in [0.4, 0.5) is 0 Å². The van der Waals surface area contributed by atoms with E-state index in [1.807, 2.05) is 6.92 Å². The lowest BCUT2D eigenvalue weighted by Gasteiger charge is -2.35. The first kappa shape index (κ1) is 20.1. The molecule has 0 saturated carbocycles. The average molecular weight is 375 g/mol. The van der Waals surface area contributed by atoms with Crippen LogP contribution in [0.2, 0.25) is 0 Å². The maximum absolute atomic E-state index is 12.6. The van der Waals surface area contributed by atoms with Crippen molar-refractivity contribution >= 4 is 21.8 Å². The molecule has 2 aliphatic heterocycles. The number of likely N-dealkylation sites (tertiary alicyclic amines) is 1. The van der Waals surface area contributed by atoms with E-state index in [0.717, 1.165) is 6.42 Å². The second kappa shape index (κ2) is 8.95. The molecule has 0 spiro atoms. The number of hydrogen-bond acceptors (Lipinski definition) is 5. The molecule has 0 aromatic carbocycles. The number of methoxy groups -OCH3 is 1. The molecule has 25 heavy (non-hydrogen) atoms. The summed E-state index contributed by atoms with van der Waals surface area (Å²) in [6.07, 6.45) is 1.73. The van der Waals surface area contributed by atoms with Gasteiger partial charge in [-0.2, -0.15) is 4.31 Å². The Morgan fingerprint density at radius 3 is 2.52 bits per heavy atom. The molecule has 2 heterocycles. The molecule has 2 saturated heterocycles. The molecule has 0 aliphatic carbocycles. The summed E-state index contributed by atoms with van der Waals surface area (Å²) in [6, 6.07) is 0. The standard InChI is InChI=1S/C16H29N3O5S/c1-3-4-11-25(22,23)19-7-5-17(6-8-19)16(21)14-12-15(20)18(13-14)9-10-24-2/h14H,3-13H2,1-2H3. The van der Waals surface area contributed by atoms with Gasteiger partial charge in [0.2, 0.25) is 21.8 Å². The highest BCUT2D eigenvalue weighted by molar-refractivity contribution is 7.89. The molecule has 0 N–H and O–H groups in total. The third-order valence-electron chi connectivity index (χ3n) is 4.83. The minimum absolute atomic E-state index is 0.0174. The van der Waals surface area contributed by atoms with E-state index in [4.69, 9.17) is 4.74 Å². The van der Waals surface area contributed by atoms with Gasteiger partial charge >= 0.3 is 0 Å². The van der Waals surface area contributed by atoms with E-state index in [9.17, 15) is 18.0 Å². The van der Waals surface area contributed by atoms with Crippen molar-refractivity contribution < 1.29 is 22.7 Å². The lowest BCUT2D eigenvalue weighted by molar-refractivity contribution is -0.137. The highest BCUT2D eigenvalue weighted by Crippen LogP contribution is 2.21. The van der Waals surface area contributed by atoms with Crippen LogP contribution in [-0.4, -0.2) is 93.1 Å². The van der Waals surface area contributed by atoms with Crippen LogP contribution in [0.1, 0.15) is 26.2 Å². The largest absolute Gasteiger partial charge is 0.383 e. The van der Waals surface area contributed by atoms with Crippen LogP contribution in [0.3, 0.4) is 0 Å². The number of ether oxygens (including phenoxy) is 1. The van der Waals surface area contributed by atoms with E-state index >= 15 is 0 Å². The Balaban J connectivity index is 1.84. The van der Waals surface area contributed by atoms with Gasteiger partial charge < -0.3 is 14.5 Å². The van der Waals surface area contributed by atoms with Crippen molar-refractivity contribution in [3.05, 3.63) is 0 Å². The maximum Gasteiger partial charge on any atom is 0.228 e. The van der Waals surface area contributed by atoms with Crippen molar-refractivity contribution in [2.24, 2.45) is 5.92 Å². The van der Waals surface area contributed by atoms with Gasteiger partial charge in [-0.1, -0.05) is 13.3 Å². The third-order valence-corrected chi connectivity index (χ3v) is 6.79. The number of sulfonamides is 1. The summed E-state index contributed by atoms with van der Waals surface area (Å²) in [4.78, 5) is 28.0. The lowest BCUT2D eigenvalue weighted by Crippen LogP contribution is -2.52. The van der Waals surface area contributed by atoms with Crippen molar-refractivity contribution in [3.63, 3.8) is 0 Å². The average Bonchev–Trinajstić information content (AvgIpc) is 2.98. The lowest BCUT2D eigenvalue weighted by atomic mass is 10.1. The molecule has 0 bridgehead atoms. The predicted molar refractivity (Wildman–Crippen MR) is 93.4 cm³/mol. The number of carbonyl (C=O) groups is 2. The number of rotatable bonds is 8. The van der Waals surface area contributed by atoms with E-state index in [1.54, 1.807) is 16.9 Å². The summed E-state index contributed by atoms with van der Waals surface area (Å²) in [5, 5.41) is 0. The molecule has 1 unspecified atom stereocenters. The van der Waals surface area contributed by atoms with Crippen LogP contribution in [0.5, 0.6) is 0 Å². The smallest absolute Gasteiger partial charge is 0.228 e. The zero-order chi connectivity index (χ0) is 18.4. The molecule has 2 rings (SSSR count). The van der Waals surface area contributed by atoms with Crippen molar-refractivity contribution in [2.75, 3.05) is 58.7 Å². The molecule has 0 aromatic heterocycles. The van der Waals surface area contributed by atoms with Gasteiger partial charge in [0.1, 0.15) is 0 Å². The van der Waals surface area contributed by atoms with Crippen molar-refractivity contribution in [1.82, 2.24) is 14.1 Å². The number of piperazine rings is 1. The SMILES string of the molecule is CCCCS(=O)(=O)N1CCN(C(=O)C2CC(=O)N(CCOC)C2)CC1. The number of amides is 2. The van der Waals surface area contributed by atoms with E-state index in [0.29, 0.717) is 52.3 Å². The van der Waals surface area contributed by atoms with Gasteiger partial charge in [0.25, 0.3) is 0 Å². The number of carbonyl (C=O) groups excluding carboxylic acids is 2. The van der Waals surface area contributed by atoms with E-state index < -0.39 is 10.0 Å². The summed E-state index contributed by atoms with van der Waals surface area (Å²) in [5.41, 5.74) is 0. The molecular weight excluding hydrogens is 346 g/mol. The normalized spacial score (nSPS) is 22.6. The molecule has 2 amide bonds. The van der Waals surface area contributed by atoms with E-state index in [1.165, 1.54) is 4.31 Å². The molecular formula is C16H29N3O5S. The van der Waals surface area contributed by atoms with E-state index in [2.05, 4.69) is 0 Å². The molecule has 144 valence electrons. The fourth-order valence-electron chi connectivity index (χ4n) is 3.26. The molecule has 0 aromatic rings. The summed E-state index contributed by atoms with van der Waals surface area (Å²) < 4.78 is 30.9. The predicted octanol–water partition coefficient (Wildman–Crippen LogP) is -0.245. The molecule has 2 aliphatic rings. The highest BCUT2D eigenvalue weighted by atomic mass is 32.2. The van der Waals surface area contributed by atoms with Crippen LogP contribution in [-0.2, 0) is 24.3 Å². The van der Waals surface area contributed by atoms with Gasteiger partial charge in [0.15, 0.2) is 0 Å². The summed E-state index contributed by atoms with van der Waals surface area (Å²) in [5.74, 6) is -0.217. The minimum atomic E-state index is -3.22. The first-order chi connectivity index (χ1) is 11.9. The second-order valence-electron chi connectivity index (χ2n) is 6.63. The van der Waals surface area contributed by atoms with Gasteiger partial charge in [0, 0.05) is 52.8 Å². The Bertz CT molecular complexity index is 572. The molecule has 9 heteroatoms. The number of nitrogens with zero attached hydrogens (tertiary/aromatic N) is 3. The van der Waals surface area contributed by atoms with Crippen molar-refractivity contribution in [3.8, 4) is 0 Å². The Kier molecular flexibility index (Phi) is 7.21. The van der Waals surface area contributed by atoms with Gasteiger partial charge in [-0.15, -0.1) is 0 Å².